The summed E-state index contributed by atoms with van der Waals surface area (Å²) in [7, 11) is 0. The number of aromatic nitrogens is 2. The molecule has 0 amide bonds. The van der Waals surface area contributed by atoms with E-state index < -0.39 is 0 Å². The summed E-state index contributed by atoms with van der Waals surface area (Å²) in [5, 5.41) is 8.56. The second-order valence-electron chi connectivity index (χ2n) is 2.66. The summed E-state index contributed by atoms with van der Waals surface area (Å²) in [6, 6.07) is 1.95. The quantitative estimate of drug-likeness (QED) is 0.704. The fraction of sp³-hybridized carbons (Fsp3) is 0.500. The van der Waals surface area contributed by atoms with Crippen LogP contribution >= 0.6 is 0 Å². The Morgan fingerprint density at radius 3 is 2.92 bits per heavy atom. The number of hydrogen-bond acceptors (Lipinski definition) is 3. The molecule has 0 aliphatic heterocycles. The van der Waals surface area contributed by atoms with Gasteiger partial charge in [-0.2, -0.15) is 5.26 Å². The molecule has 0 radical (unpaired) electrons. The van der Waals surface area contributed by atoms with E-state index in [0.29, 0.717) is 11.5 Å². The van der Waals surface area contributed by atoms with E-state index in [4.69, 9.17) is 11.0 Å². The largest absolute Gasteiger partial charge is 0.381 e. The Hall–Kier alpha value is -1.50. The topological polar surface area (TPSA) is 78.5 Å². The van der Waals surface area contributed by atoms with Gasteiger partial charge in [0.2, 0.25) is 0 Å². The van der Waals surface area contributed by atoms with E-state index in [1.807, 2.05) is 6.07 Å². The van der Waals surface area contributed by atoms with Gasteiger partial charge in [0.15, 0.2) is 11.5 Å². The molecule has 0 saturated carbocycles. The van der Waals surface area contributed by atoms with Crippen LogP contribution in [0.1, 0.15) is 31.3 Å². The van der Waals surface area contributed by atoms with Crippen molar-refractivity contribution < 1.29 is 0 Å². The molecule has 0 fully saturated rings. The van der Waals surface area contributed by atoms with Crippen molar-refractivity contribution in [2.45, 2.75) is 26.2 Å². The SMILES string of the molecule is CCCCc1nc(N)c(C#N)[nH]1. The molecule has 1 heterocycles. The number of anilines is 1. The minimum absolute atomic E-state index is 0.309. The Morgan fingerprint density at radius 1 is 1.67 bits per heavy atom. The molecular formula is C8H12N4. The lowest BCUT2D eigenvalue weighted by atomic mass is 10.2. The summed E-state index contributed by atoms with van der Waals surface area (Å²) >= 11 is 0. The van der Waals surface area contributed by atoms with E-state index >= 15 is 0 Å². The van der Waals surface area contributed by atoms with E-state index in [1.54, 1.807) is 0 Å². The van der Waals surface area contributed by atoms with Crippen molar-refractivity contribution in [3.05, 3.63) is 11.5 Å². The first kappa shape index (κ1) is 8.60. The third-order valence-electron chi connectivity index (χ3n) is 1.66. The highest BCUT2D eigenvalue weighted by atomic mass is 15.0. The van der Waals surface area contributed by atoms with E-state index in [2.05, 4.69) is 16.9 Å². The molecule has 1 rings (SSSR count). The van der Waals surface area contributed by atoms with Crippen molar-refractivity contribution in [3.8, 4) is 6.07 Å². The van der Waals surface area contributed by atoms with E-state index in [-0.39, 0.29) is 0 Å². The number of unbranched alkanes of at least 4 members (excludes halogenated alkanes) is 1. The number of hydrogen-bond donors (Lipinski definition) is 2. The number of aryl methyl sites for hydroxylation is 1. The van der Waals surface area contributed by atoms with Crippen LogP contribution in [0.3, 0.4) is 0 Å². The summed E-state index contributed by atoms with van der Waals surface area (Å²) in [6.45, 7) is 2.11. The number of nitrogen functional groups attached to an aromatic ring is 1. The summed E-state index contributed by atoms with van der Waals surface area (Å²) in [5.41, 5.74) is 5.83. The fourth-order valence-electron chi connectivity index (χ4n) is 0.985. The Bertz CT molecular complexity index is 294. The number of nitrogens with two attached hydrogens (primary N) is 1. The van der Waals surface area contributed by atoms with Gasteiger partial charge in [-0.1, -0.05) is 13.3 Å². The number of nitriles is 1. The molecule has 4 nitrogen and oxygen atoms in total. The molecule has 0 aromatic carbocycles. The molecule has 64 valence electrons. The molecule has 0 saturated heterocycles. The van der Waals surface area contributed by atoms with Gasteiger partial charge < -0.3 is 10.7 Å². The zero-order valence-electron chi connectivity index (χ0n) is 7.09. The zero-order valence-corrected chi connectivity index (χ0v) is 7.09. The molecular weight excluding hydrogens is 152 g/mol. The summed E-state index contributed by atoms with van der Waals surface area (Å²) in [6.07, 6.45) is 3.04. The molecule has 12 heavy (non-hydrogen) atoms. The lowest BCUT2D eigenvalue weighted by Gasteiger charge is -1.90. The first-order valence-electron chi connectivity index (χ1n) is 4.02. The smallest absolute Gasteiger partial charge is 0.161 e. The number of rotatable bonds is 3. The summed E-state index contributed by atoms with van der Waals surface area (Å²) < 4.78 is 0. The van der Waals surface area contributed by atoms with Gasteiger partial charge in [0.05, 0.1) is 0 Å². The average molecular weight is 164 g/mol. The molecule has 1 aromatic heterocycles. The van der Waals surface area contributed by atoms with Crippen molar-refractivity contribution in [3.63, 3.8) is 0 Å². The maximum Gasteiger partial charge on any atom is 0.161 e. The van der Waals surface area contributed by atoms with Crippen molar-refractivity contribution in [2.24, 2.45) is 0 Å². The van der Waals surface area contributed by atoms with Crippen molar-refractivity contribution >= 4 is 5.82 Å². The Kier molecular flexibility index (Phi) is 2.70. The highest BCUT2D eigenvalue weighted by Crippen LogP contribution is 2.08. The van der Waals surface area contributed by atoms with Gasteiger partial charge in [0.25, 0.3) is 0 Å². The Morgan fingerprint density at radius 2 is 2.42 bits per heavy atom. The molecule has 0 aliphatic rings. The average Bonchev–Trinajstić information content (AvgIpc) is 2.43. The monoisotopic (exact) mass is 164 g/mol. The maximum absolute atomic E-state index is 8.56. The zero-order chi connectivity index (χ0) is 8.97. The highest BCUT2D eigenvalue weighted by Gasteiger charge is 2.04. The molecule has 0 bridgehead atoms. The van der Waals surface area contributed by atoms with Crippen LogP contribution in [0.4, 0.5) is 5.82 Å². The molecule has 0 atom stereocenters. The van der Waals surface area contributed by atoms with Crippen LogP contribution < -0.4 is 5.73 Å². The minimum Gasteiger partial charge on any atom is -0.381 e. The summed E-state index contributed by atoms with van der Waals surface area (Å²) in [4.78, 5) is 6.89. The lowest BCUT2D eigenvalue weighted by molar-refractivity contribution is 0.762. The van der Waals surface area contributed by atoms with Gasteiger partial charge in [-0.15, -0.1) is 0 Å². The van der Waals surface area contributed by atoms with E-state index in [9.17, 15) is 0 Å². The van der Waals surface area contributed by atoms with Crippen LogP contribution in [-0.4, -0.2) is 9.97 Å². The highest BCUT2D eigenvalue weighted by molar-refractivity contribution is 5.44. The molecule has 0 aliphatic carbocycles. The summed E-state index contributed by atoms with van der Waals surface area (Å²) in [5.74, 6) is 1.12. The number of nitrogens with one attached hydrogen (secondary N) is 1. The van der Waals surface area contributed by atoms with Crippen molar-refractivity contribution in [2.75, 3.05) is 5.73 Å². The number of imidazole rings is 1. The normalized spacial score (nSPS) is 9.67. The van der Waals surface area contributed by atoms with Gasteiger partial charge in [0, 0.05) is 6.42 Å². The predicted molar refractivity (Wildman–Crippen MR) is 46.3 cm³/mol. The van der Waals surface area contributed by atoms with Crippen LogP contribution in [0.15, 0.2) is 0 Å². The Labute approximate surface area is 71.4 Å². The standard InChI is InChI=1S/C8H12N4/c1-2-3-4-7-11-6(5-9)8(10)12-7/h2-4,10H2,1H3,(H,11,12). The van der Waals surface area contributed by atoms with E-state index in [1.165, 1.54) is 0 Å². The first-order valence-corrected chi connectivity index (χ1v) is 4.02. The van der Waals surface area contributed by atoms with Gasteiger partial charge in [-0.25, -0.2) is 4.98 Å². The molecule has 0 unspecified atom stereocenters. The number of nitrogens with zero attached hydrogens (tertiary/aromatic N) is 2. The third-order valence-corrected chi connectivity index (χ3v) is 1.66. The van der Waals surface area contributed by atoms with Crippen LogP contribution in [0.2, 0.25) is 0 Å². The minimum atomic E-state index is 0.309. The third kappa shape index (κ3) is 1.76. The second kappa shape index (κ2) is 3.77. The van der Waals surface area contributed by atoms with Gasteiger partial charge in [-0.05, 0) is 6.42 Å². The number of aromatic amines is 1. The first-order chi connectivity index (χ1) is 5.77. The van der Waals surface area contributed by atoms with Crippen LogP contribution in [-0.2, 0) is 6.42 Å². The van der Waals surface area contributed by atoms with Crippen molar-refractivity contribution in [1.82, 2.24) is 9.97 Å². The molecule has 1 aromatic rings. The van der Waals surface area contributed by atoms with E-state index in [0.717, 1.165) is 25.1 Å². The Balaban J connectivity index is 2.70. The van der Waals surface area contributed by atoms with Crippen LogP contribution in [0.25, 0.3) is 0 Å². The molecule has 0 spiro atoms. The fourth-order valence-corrected chi connectivity index (χ4v) is 0.985. The maximum atomic E-state index is 8.56. The van der Waals surface area contributed by atoms with Crippen molar-refractivity contribution in [1.29, 1.82) is 5.26 Å². The van der Waals surface area contributed by atoms with Gasteiger partial charge in [-0.3, -0.25) is 0 Å². The second-order valence-corrected chi connectivity index (χ2v) is 2.66. The molecule has 3 N–H and O–H groups in total. The van der Waals surface area contributed by atoms with Crippen LogP contribution in [0, 0.1) is 11.3 Å². The molecule has 4 heteroatoms. The van der Waals surface area contributed by atoms with Gasteiger partial charge in [0.1, 0.15) is 11.9 Å². The number of H-pyrrole nitrogens is 1. The lowest BCUT2D eigenvalue weighted by Crippen LogP contribution is -1.88. The van der Waals surface area contributed by atoms with Gasteiger partial charge >= 0.3 is 0 Å². The van der Waals surface area contributed by atoms with Crippen LogP contribution in [0.5, 0.6) is 0 Å². The predicted octanol–water partition coefficient (Wildman–Crippen LogP) is 1.21.